The van der Waals surface area contributed by atoms with Crippen LogP contribution in [0.3, 0.4) is 0 Å². The van der Waals surface area contributed by atoms with E-state index in [9.17, 15) is 22.4 Å². The van der Waals surface area contributed by atoms with E-state index in [4.69, 9.17) is 4.74 Å². The molecule has 7 nitrogen and oxygen atoms in total. The van der Waals surface area contributed by atoms with E-state index in [1.807, 2.05) is 12.1 Å². The van der Waals surface area contributed by atoms with Gasteiger partial charge in [0.15, 0.2) is 6.61 Å². The van der Waals surface area contributed by atoms with E-state index in [0.29, 0.717) is 18.9 Å². The number of nitrogens with zero attached hydrogens (tertiary/aromatic N) is 1. The van der Waals surface area contributed by atoms with E-state index in [0.717, 1.165) is 11.6 Å². The third-order valence-corrected chi connectivity index (χ3v) is 7.90. The molecule has 1 fully saturated rings. The average Bonchev–Trinajstić information content (AvgIpc) is 2.83. The molecule has 1 saturated heterocycles. The first-order chi connectivity index (χ1) is 16.2. The van der Waals surface area contributed by atoms with Crippen LogP contribution in [0.1, 0.15) is 43.7 Å². The van der Waals surface area contributed by atoms with Crippen molar-refractivity contribution in [2.75, 3.05) is 26.2 Å². The molecular formula is C25H31FN2O5S. The zero-order chi connectivity index (χ0) is 24.7. The summed E-state index contributed by atoms with van der Waals surface area (Å²) in [6.07, 6.45) is 1.17. The van der Waals surface area contributed by atoms with Gasteiger partial charge in [-0.05, 0) is 48.4 Å². The molecule has 0 bridgehead atoms. The highest BCUT2D eigenvalue weighted by molar-refractivity contribution is 7.89. The molecule has 9 heteroatoms. The summed E-state index contributed by atoms with van der Waals surface area (Å²) in [6, 6.07) is 13.5. The molecule has 0 spiro atoms. The Kier molecular flexibility index (Phi) is 8.79. The second-order valence-electron chi connectivity index (χ2n) is 8.71. The summed E-state index contributed by atoms with van der Waals surface area (Å²) < 4.78 is 45.6. The molecular weight excluding hydrogens is 459 g/mol. The van der Waals surface area contributed by atoms with Crippen LogP contribution in [0.5, 0.6) is 0 Å². The van der Waals surface area contributed by atoms with E-state index >= 15 is 0 Å². The smallest absolute Gasteiger partial charge is 0.309 e. The van der Waals surface area contributed by atoms with Crippen LogP contribution in [0.15, 0.2) is 53.4 Å². The summed E-state index contributed by atoms with van der Waals surface area (Å²) in [4.78, 5) is 24.0. The van der Waals surface area contributed by atoms with Crippen molar-refractivity contribution in [1.29, 1.82) is 0 Å². The van der Waals surface area contributed by atoms with Crippen LogP contribution in [0, 0.1) is 11.7 Å². The van der Waals surface area contributed by atoms with E-state index in [2.05, 4.69) is 31.3 Å². The largest absolute Gasteiger partial charge is 0.455 e. The number of carbonyl (C=O) groups excluding carboxylic acids is 2. The lowest BCUT2D eigenvalue weighted by atomic mass is 9.98. The molecule has 0 saturated carbocycles. The highest BCUT2D eigenvalue weighted by Gasteiger charge is 2.34. The number of sulfonamides is 1. The molecule has 2 aromatic carbocycles. The highest BCUT2D eigenvalue weighted by Crippen LogP contribution is 2.26. The van der Waals surface area contributed by atoms with Gasteiger partial charge in [0.1, 0.15) is 10.7 Å². The SMILES string of the molecule is CC(C)c1ccc(CCNC(=O)COC(=O)C2CCN(S(=O)(=O)c3ccccc3F)CC2)cc1. The van der Waals surface area contributed by atoms with Crippen molar-refractivity contribution in [3.8, 4) is 0 Å². The van der Waals surface area contributed by atoms with Crippen LogP contribution in [-0.4, -0.2) is 50.8 Å². The molecule has 0 aliphatic carbocycles. The maximum Gasteiger partial charge on any atom is 0.309 e. The Morgan fingerprint density at radius 1 is 1.09 bits per heavy atom. The Morgan fingerprint density at radius 3 is 2.35 bits per heavy atom. The summed E-state index contributed by atoms with van der Waals surface area (Å²) in [6.45, 7) is 4.49. The minimum atomic E-state index is -3.97. The first-order valence-corrected chi connectivity index (χ1v) is 12.9. The molecule has 2 aromatic rings. The topological polar surface area (TPSA) is 92.8 Å². The fourth-order valence-corrected chi connectivity index (χ4v) is 5.38. The Labute approximate surface area is 200 Å². The maximum atomic E-state index is 13.9. The summed E-state index contributed by atoms with van der Waals surface area (Å²) in [7, 11) is -3.97. The van der Waals surface area contributed by atoms with E-state index < -0.39 is 27.7 Å². The van der Waals surface area contributed by atoms with Crippen LogP contribution in [0.4, 0.5) is 4.39 Å². The van der Waals surface area contributed by atoms with Crippen molar-refractivity contribution in [1.82, 2.24) is 9.62 Å². The molecule has 0 radical (unpaired) electrons. The van der Waals surface area contributed by atoms with Gasteiger partial charge in [0.25, 0.3) is 5.91 Å². The lowest BCUT2D eigenvalue weighted by Gasteiger charge is -2.30. The number of esters is 1. The predicted molar refractivity (Wildman–Crippen MR) is 126 cm³/mol. The molecule has 3 rings (SSSR count). The van der Waals surface area contributed by atoms with Gasteiger partial charge >= 0.3 is 5.97 Å². The molecule has 0 unspecified atom stereocenters. The number of carbonyl (C=O) groups is 2. The zero-order valence-corrected chi connectivity index (χ0v) is 20.3. The molecule has 1 heterocycles. The zero-order valence-electron chi connectivity index (χ0n) is 19.5. The van der Waals surface area contributed by atoms with Gasteiger partial charge in [-0.15, -0.1) is 0 Å². The van der Waals surface area contributed by atoms with Gasteiger partial charge in [-0.2, -0.15) is 4.31 Å². The monoisotopic (exact) mass is 490 g/mol. The number of amides is 1. The van der Waals surface area contributed by atoms with Crippen LogP contribution >= 0.6 is 0 Å². The van der Waals surface area contributed by atoms with Crippen molar-refractivity contribution < 1.29 is 27.1 Å². The van der Waals surface area contributed by atoms with Crippen LogP contribution in [0.25, 0.3) is 0 Å². The molecule has 1 N–H and O–H groups in total. The molecule has 184 valence electrons. The average molecular weight is 491 g/mol. The normalized spacial score (nSPS) is 15.3. The van der Waals surface area contributed by atoms with Crippen molar-refractivity contribution in [3.63, 3.8) is 0 Å². The van der Waals surface area contributed by atoms with Crippen LogP contribution in [0.2, 0.25) is 0 Å². The van der Waals surface area contributed by atoms with E-state index in [1.165, 1.54) is 28.1 Å². The third kappa shape index (κ3) is 6.64. The summed E-state index contributed by atoms with van der Waals surface area (Å²) in [5, 5.41) is 2.74. The molecule has 34 heavy (non-hydrogen) atoms. The van der Waals surface area contributed by atoms with Gasteiger partial charge in [-0.25, -0.2) is 12.8 Å². The Morgan fingerprint density at radius 2 is 1.74 bits per heavy atom. The van der Waals surface area contributed by atoms with Crippen molar-refractivity contribution in [2.45, 2.75) is 43.9 Å². The number of piperidine rings is 1. The molecule has 1 aliphatic heterocycles. The van der Waals surface area contributed by atoms with Gasteiger partial charge in [0.05, 0.1) is 5.92 Å². The number of nitrogens with one attached hydrogen (secondary N) is 1. The van der Waals surface area contributed by atoms with Crippen LogP contribution in [-0.2, 0) is 30.8 Å². The first-order valence-electron chi connectivity index (χ1n) is 11.5. The second kappa shape index (κ2) is 11.6. The number of benzene rings is 2. The third-order valence-electron chi connectivity index (χ3n) is 5.97. The lowest BCUT2D eigenvalue weighted by Crippen LogP contribution is -2.41. The Balaban J connectivity index is 1.38. The van der Waals surface area contributed by atoms with Crippen molar-refractivity contribution >= 4 is 21.9 Å². The fraction of sp³-hybridized carbons (Fsp3) is 0.440. The van der Waals surface area contributed by atoms with E-state index in [1.54, 1.807) is 0 Å². The van der Waals surface area contributed by atoms with Gasteiger partial charge in [0.2, 0.25) is 10.0 Å². The second-order valence-corrected chi connectivity index (χ2v) is 10.6. The molecule has 1 aliphatic rings. The molecule has 0 atom stereocenters. The summed E-state index contributed by atoms with van der Waals surface area (Å²) >= 11 is 0. The molecule has 0 aromatic heterocycles. The number of hydrogen-bond acceptors (Lipinski definition) is 5. The minimum Gasteiger partial charge on any atom is -0.455 e. The van der Waals surface area contributed by atoms with Gasteiger partial charge in [0, 0.05) is 19.6 Å². The lowest BCUT2D eigenvalue weighted by molar-refractivity contribution is -0.153. The van der Waals surface area contributed by atoms with E-state index in [-0.39, 0.29) is 43.3 Å². The van der Waals surface area contributed by atoms with Gasteiger partial charge in [-0.1, -0.05) is 50.2 Å². The highest BCUT2D eigenvalue weighted by atomic mass is 32.2. The van der Waals surface area contributed by atoms with Gasteiger partial charge in [-0.3, -0.25) is 9.59 Å². The predicted octanol–water partition coefficient (Wildman–Crippen LogP) is 3.25. The first kappa shape index (κ1) is 25.8. The summed E-state index contributed by atoms with van der Waals surface area (Å²) in [5.41, 5.74) is 2.37. The van der Waals surface area contributed by atoms with Crippen molar-refractivity contribution in [3.05, 3.63) is 65.5 Å². The quantitative estimate of drug-likeness (QED) is 0.545. The number of halogens is 1. The number of rotatable bonds is 9. The Hall–Kier alpha value is -2.78. The number of ether oxygens (including phenoxy) is 1. The minimum absolute atomic E-state index is 0.0816. The maximum absolute atomic E-state index is 13.9. The standard InChI is InChI=1S/C25H31FN2O5S/c1-18(2)20-9-7-19(8-10-20)11-14-27-24(29)17-33-25(30)21-12-15-28(16-13-21)34(31,32)23-6-4-3-5-22(23)26/h3-10,18,21H,11-17H2,1-2H3,(H,27,29). The van der Waals surface area contributed by atoms with Gasteiger partial charge < -0.3 is 10.1 Å². The number of hydrogen-bond donors (Lipinski definition) is 1. The molecule has 1 amide bonds. The van der Waals surface area contributed by atoms with Crippen LogP contribution < -0.4 is 5.32 Å². The Bertz CT molecular complexity index is 1090. The van der Waals surface area contributed by atoms with Crippen molar-refractivity contribution in [2.24, 2.45) is 5.92 Å². The summed E-state index contributed by atoms with van der Waals surface area (Å²) in [5.74, 6) is -1.75. The fourth-order valence-electron chi connectivity index (χ4n) is 3.85.